The van der Waals surface area contributed by atoms with E-state index in [0.717, 1.165) is 67.9 Å². The van der Waals surface area contributed by atoms with E-state index in [1.807, 2.05) is 36.9 Å². The highest BCUT2D eigenvalue weighted by molar-refractivity contribution is 7.90. The topological polar surface area (TPSA) is 131 Å². The summed E-state index contributed by atoms with van der Waals surface area (Å²) in [7, 11) is -3.01. The third-order valence-electron chi connectivity index (χ3n) is 9.28. The maximum absolute atomic E-state index is 13.3. The van der Waals surface area contributed by atoms with Gasteiger partial charge in [-0.1, -0.05) is 19.9 Å². The highest BCUT2D eigenvalue weighted by Crippen LogP contribution is 2.39. The molecule has 2 fully saturated rings. The lowest BCUT2D eigenvalue weighted by atomic mass is 9.85. The van der Waals surface area contributed by atoms with Gasteiger partial charge in [-0.3, -0.25) is 9.59 Å². The normalized spacial score (nSPS) is 21.2. The molecular weight excluding hydrogens is 594 g/mol. The lowest BCUT2D eigenvalue weighted by molar-refractivity contribution is -0.156. The average molecular weight is 642 g/mol. The van der Waals surface area contributed by atoms with Crippen molar-refractivity contribution in [2.24, 2.45) is 11.8 Å². The number of carbonyl (C=O) groups excluding carboxylic acids is 2. The Kier molecular flexibility index (Phi) is 10.8. The van der Waals surface area contributed by atoms with Crippen LogP contribution in [0.25, 0.3) is 0 Å². The summed E-state index contributed by atoms with van der Waals surface area (Å²) >= 11 is 0. The number of benzene rings is 1. The van der Waals surface area contributed by atoms with E-state index in [4.69, 9.17) is 14.5 Å². The predicted octanol–water partition coefficient (Wildman–Crippen LogP) is 4.54. The fourth-order valence-electron chi connectivity index (χ4n) is 6.41. The SMILES string of the molecule is CC[C@@H](C)C(=O)OC1CCN(C(=O)[C@H]2CC[C@H](Nc3nccc(N4CCc5c(OCCCS(C)(=O)=O)cccc54)n3)CC2)CC1. The van der Waals surface area contributed by atoms with Crippen LogP contribution in [0, 0.1) is 11.8 Å². The molecule has 0 spiro atoms. The Hall–Kier alpha value is -3.41. The maximum Gasteiger partial charge on any atom is 0.308 e. The summed E-state index contributed by atoms with van der Waals surface area (Å²) in [5.41, 5.74) is 2.14. The molecule has 0 radical (unpaired) electrons. The molecule has 2 aromatic rings. The monoisotopic (exact) mass is 641 g/mol. The Bertz CT molecular complexity index is 1440. The van der Waals surface area contributed by atoms with Crippen LogP contribution in [-0.2, 0) is 30.6 Å². The van der Waals surface area contributed by atoms with Gasteiger partial charge in [0.05, 0.1) is 18.3 Å². The lowest BCUT2D eigenvalue weighted by Crippen LogP contribution is -2.45. The Morgan fingerprint density at radius 1 is 1.07 bits per heavy atom. The molecule has 1 saturated carbocycles. The van der Waals surface area contributed by atoms with E-state index in [1.165, 1.54) is 6.26 Å². The third kappa shape index (κ3) is 8.65. The van der Waals surface area contributed by atoms with Gasteiger partial charge in [0.25, 0.3) is 0 Å². The fraction of sp³-hybridized carbons (Fsp3) is 0.636. The molecular formula is C33H47N5O6S. The van der Waals surface area contributed by atoms with Crippen LogP contribution in [0.3, 0.4) is 0 Å². The first-order valence-electron chi connectivity index (χ1n) is 16.4. The van der Waals surface area contributed by atoms with Crippen molar-refractivity contribution in [3.8, 4) is 5.75 Å². The maximum atomic E-state index is 13.3. The standard InChI is InChI=1S/C33H47N5O6S/c1-4-23(2)32(40)44-26-14-18-37(19-15-26)31(39)24-9-11-25(12-10-24)35-33-34-17-13-30(36-33)38-20-16-27-28(38)7-5-8-29(27)43-21-6-22-45(3,41)42/h5,7-8,13,17,23-26H,4,6,9-12,14-16,18-22H2,1-3H3,(H,34,35,36)/t23-,24-,25-/m1/s1. The largest absolute Gasteiger partial charge is 0.493 e. The summed E-state index contributed by atoms with van der Waals surface area (Å²) < 4.78 is 34.5. The molecule has 0 bridgehead atoms. The number of hydrogen-bond donors (Lipinski definition) is 1. The Balaban J connectivity index is 1.10. The number of carbonyl (C=O) groups is 2. The molecule has 1 N–H and O–H groups in total. The number of hydrogen-bond acceptors (Lipinski definition) is 10. The van der Waals surface area contributed by atoms with Crippen LogP contribution in [0.1, 0.15) is 70.8 Å². The van der Waals surface area contributed by atoms with Crippen LogP contribution in [0.4, 0.5) is 17.5 Å². The van der Waals surface area contributed by atoms with E-state index in [9.17, 15) is 18.0 Å². The zero-order chi connectivity index (χ0) is 32.0. The number of esters is 1. The van der Waals surface area contributed by atoms with Crippen molar-refractivity contribution in [3.05, 3.63) is 36.0 Å². The molecule has 2 aliphatic heterocycles. The van der Waals surface area contributed by atoms with Crippen LogP contribution in [-0.4, -0.2) is 85.6 Å². The molecule has 5 rings (SSSR count). The minimum atomic E-state index is -3.01. The molecule has 11 nitrogen and oxygen atoms in total. The van der Waals surface area contributed by atoms with Crippen LogP contribution in [0.5, 0.6) is 5.75 Å². The van der Waals surface area contributed by atoms with Gasteiger partial charge in [-0.05, 0) is 63.1 Å². The number of anilines is 3. The Labute approximate surface area is 267 Å². The predicted molar refractivity (Wildman–Crippen MR) is 174 cm³/mol. The van der Waals surface area contributed by atoms with Crippen LogP contribution in [0.2, 0.25) is 0 Å². The van der Waals surface area contributed by atoms with Gasteiger partial charge in [0, 0.05) is 68.1 Å². The second kappa shape index (κ2) is 14.8. The molecule has 12 heteroatoms. The van der Waals surface area contributed by atoms with Crippen LogP contribution in [0.15, 0.2) is 30.5 Å². The summed E-state index contributed by atoms with van der Waals surface area (Å²) in [6, 6.07) is 8.05. The summed E-state index contributed by atoms with van der Waals surface area (Å²) in [6.45, 7) is 6.29. The number of rotatable bonds is 12. The molecule has 3 aliphatic rings. The third-order valence-corrected chi connectivity index (χ3v) is 10.3. The first kappa shape index (κ1) is 33.0. The van der Waals surface area contributed by atoms with E-state index < -0.39 is 9.84 Å². The molecule has 1 saturated heterocycles. The number of amides is 1. The van der Waals surface area contributed by atoms with Crippen molar-refractivity contribution in [3.63, 3.8) is 0 Å². The van der Waals surface area contributed by atoms with Crippen LogP contribution < -0.4 is 15.0 Å². The van der Waals surface area contributed by atoms with Crippen LogP contribution >= 0.6 is 0 Å². The highest BCUT2D eigenvalue weighted by atomic mass is 32.2. The molecule has 1 amide bonds. The van der Waals surface area contributed by atoms with E-state index in [1.54, 1.807) is 6.20 Å². The van der Waals surface area contributed by atoms with Gasteiger partial charge in [-0.25, -0.2) is 13.4 Å². The van der Waals surface area contributed by atoms with Crippen molar-refractivity contribution in [2.75, 3.05) is 48.5 Å². The first-order chi connectivity index (χ1) is 21.6. The number of nitrogens with one attached hydrogen (secondary N) is 1. The van der Waals surface area contributed by atoms with Gasteiger partial charge in [0.1, 0.15) is 27.5 Å². The summed E-state index contributed by atoms with van der Waals surface area (Å²) in [4.78, 5) is 38.8. The zero-order valence-corrected chi connectivity index (χ0v) is 27.6. The molecule has 45 heavy (non-hydrogen) atoms. The fourth-order valence-corrected chi connectivity index (χ4v) is 7.06. The summed E-state index contributed by atoms with van der Waals surface area (Å²) in [5, 5.41) is 3.51. The molecule has 1 aliphatic carbocycles. The summed E-state index contributed by atoms with van der Waals surface area (Å²) in [6.07, 6.45) is 9.78. The van der Waals surface area contributed by atoms with Crippen molar-refractivity contribution < 1.29 is 27.5 Å². The number of likely N-dealkylation sites (tertiary alicyclic amines) is 1. The van der Waals surface area contributed by atoms with Crippen molar-refractivity contribution in [1.29, 1.82) is 0 Å². The molecule has 0 unspecified atom stereocenters. The molecule has 3 heterocycles. The number of piperidine rings is 1. The number of aromatic nitrogens is 2. The Morgan fingerprint density at radius 2 is 1.82 bits per heavy atom. The van der Waals surface area contributed by atoms with Gasteiger partial charge in [0.15, 0.2) is 0 Å². The number of fused-ring (bicyclic) bond motifs is 1. The number of sulfone groups is 1. The first-order valence-corrected chi connectivity index (χ1v) is 18.5. The van der Waals surface area contributed by atoms with Crippen molar-refractivity contribution in [2.45, 2.75) is 83.8 Å². The van der Waals surface area contributed by atoms with Gasteiger partial charge in [0.2, 0.25) is 11.9 Å². The van der Waals surface area contributed by atoms with Gasteiger partial charge in [-0.2, -0.15) is 4.98 Å². The minimum absolute atomic E-state index is 0.0263. The highest BCUT2D eigenvalue weighted by Gasteiger charge is 2.33. The van der Waals surface area contributed by atoms with Gasteiger partial charge >= 0.3 is 5.97 Å². The minimum Gasteiger partial charge on any atom is -0.493 e. The molecule has 246 valence electrons. The van der Waals surface area contributed by atoms with E-state index in [2.05, 4.69) is 21.3 Å². The quantitative estimate of drug-likeness (QED) is 0.260. The summed E-state index contributed by atoms with van der Waals surface area (Å²) in [5.74, 6) is 2.33. The average Bonchev–Trinajstić information content (AvgIpc) is 3.48. The molecule has 1 atom stereocenters. The Morgan fingerprint density at radius 3 is 2.53 bits per heavy atom. The number of ether oxygens (including phenoxy) is 2. The lowest BCUT2D eigenvalue weighted by Gasteiger charge is -2.36. The van der Waals surface area contributed by atoms with Crippen molar-refractivity contribution in [1.82, 2.24) is 14.9 Å². The molecule has 1 aromatic heterocycles. The van der Waals surface area contributed by atoms with Crippen molar-refractivity contribution >= 4 is 39.2 Å². The molecule has 1 aromatic carbocycles. The second-order valence-electron chi connectivity index (χ2n) is 12.7. The van der Waals surface area contributed by atoms with Gasteiger partial charge < -0.3 is 24.6 Å². The van der Waals surface area contributed by atoms with E-state index in [0.29, 0.717) is 44.9 Å². The smallest absolute Gasteiger partial charge is 0.308 e. The van der Waals surface area contributed by atoms with Gasteiger partial charge in [-0.15, -0.1) is 0 Å². The van der Waals surface area contributed by atoms with E-state index >= 15 is 0 Å². The number of nitrogens with zero attached hydrogens (tertiary/aromatic N) is 4. The second-order valence-corrected chi connectivity index (χ2v) is 14.9. The zero-order valence-electron chi connectivity index (χ0n) is 26.7. The van der Waals surface area contributed by atoms with E-state index in [-0.39, 0.29) is 41.6 Å².